The molecular weight excluding hydrogens is 374 g/mol. The number of halogens is 10. The van der Waals surface area contributed by atoms with Gasteiger partial charge in [-0.05, 0) is 0 Å². The second kappa shape index (κ2) is 4.74. The third-order valence-electron chi connectivity index (χ3n) is 1.23. The van der Waals surface area contributed by atoms with Gasteiger partial charge in [0.05, 0.1) is 0 Å². The highest BCUT2D eigenvalue weighted by Gasteiger charge is 2.68. The van der Waals surface area contributed by atoms with E-state index in [1.54, 1.807) is 0 Å². The van der Waals surface area contributed by atoms with Crippen LogP contribution in [0.3, 0.4) is 0 Å². The SMILES string of the molecule is FC(F)C(I)C(F)(OC(F)(F)F)C(F)(F)F. The van der Waals surface area contributed by atoms with Crippen LogP contribution in [-0.4, -0.2) is 28.7 Å². The van der Waals surface area contributed by atoms with E-state index >= 15 is 0 Å². The van der Waals surface area contributed by atoms with E-state index in [4.69, 9.17) is 0 Å². The lowest BCUT2D eigenvalue weighted by atomic mass is 10.2. The van der Waals surface area contributed by atoms with Gasteiger partial charge in [-0.15, -0.1) is 13.2 Å². The molecule has 98 valence electrons. The first kappa shape index (κ1) is 16.1. The Morgan fingerprint density at radius 1 is 0.875 bits per heavy atom. The summed E-state index contributed by atoms with van der Waals surface area (Å²) in [5.41, 5.74) is 0. The smallest absolute Gasteiger partial charge is 0.244 e. The molecule has 0 heterocycles. The third-order valence-corrected chi connectivity index (χ3v) is 2.57. The van der Waals surface area contributed by atoms with Gasteiger partial charge in [0, 0.05) is 0 Å². The maximum Gasteiger partial charge on any atom is 0.525 e. The fraction of sp³-hybridized carbons (Fsp3) is 1.00. The van der Waals surface area contributed by atoms with Crippen molar-refractivity contribution in [3.8, 4) is 0 Å². The van der Waals surface area contributed by atoms with Crippen molar-refractivity contribution in [1.29, 1.82) is 0 Å². The minimum Gasteiger partial charge on any atom is -0.244 e. The molecule has 0 aromatic rings. The Morgan fingerprint density at radius 2 is 1.25 bits per heavy atom. The molecule has 0 aliphatic carbocycles. The molecule has 2 atom stereocenters. The maximum atomic E-state index is 12.9. The number of ether oxygens (including phenoxy) is 1. The topological polar surface area (TPSA) is 9.23 Å². The summed E-state index contributed by atoms with van der Waals surface area (Å²) in [6, 6.07) is 0. The van der Waals surface area contributed by atoms with Gasteiger partial charge in [0.2, 0.25) is 0 Å². The van der Waals surface area contributed by atoms with Crippen LogP contribution < -0.4 is 0 Å². The summed E-state index contributed by atoms with van der Waals surface area (Å²) < 4.78 is 106. The van der Waals surface area contributed by atoms with Crippen LogP contribution in [0, 0.1) is 0 Å². The van der Waals surface area contributed by atoms with Gasteiger partial charge in [0.1, 0.15) is 3.92 Å². The molecule has 0 N–H and O–H groups in total. The zero-order valence-electron chi connectivity index (χ0n) is 6.84. The van der Waals surface area contributed by atoms with Crippen LogP contribution in [0.2, 0.25) is 0 Å². The van der Waals surface area contributed by atoms with Gasteiger partial charge in [-0.1, -0.05) is 22.6 Å². The van der Waals surface area contributed by atoms with Crippen molar-refractivity contribution < 1.29 is 44.3 Å². The van der Waals surface area contributed by atoms with E-state index in [1.807, 2.05) is 0 Å². The summed E-state index contributed by atoms with van der Waals surface area (Å²) in [5.74, 6) is -5.49. The summed E-state index contributed by atoms with van der Waals surface area (Å²) in [7, 11) is 0. The van der Waals surface area contributed by atoms with Crippen LogP contribution in [0.1, 0.15) is 0 Å². The minimum absolute atomic E-state index is 0.206. The van der Waals surface area contributed by atoms with Crippen LogP contribution in [-0.2, 0) is 4.74 Å². The Bertz CT molecular complexity index is 235. The molecule has 0 aromatic heterocycles. The average molecular weight is 376 g/mol. The van der Waals surface area contributed by atoms with Gasteiger partial charge in [-0.2, -0.15) is 13.2 Å². The molecule has 0 fully saturated rings. The highest BCUT2D eigenvalue weighted by Crippen LogP contribution is 2.46. The quantitative estimate of drug-likeness (QED) is 0.414. The predicted octanol–water partition coefficient (Wildman–Crippen LogP) is 3.82. The molecule has 0 aliphatic rings. The van der Waals surface area contributed by atoms with Crippen LogP contribution in [0.15, 0.2) is 0 Å². The highest BCUT2D eigenvalue weighted by atomic mass is 127. The first-order valence-electron chi connectivity index (χ1n) is 3.26. The molecule has 0 saturated carbocycles. The van der Waals surface area contributed by atoms with Crippen molar-refractivity contribution in [3.05, 3.63) is 0 Å². The summed E-state index contributed by atoms with van der Waals surface area (Å²) in [6.07, 6.45) is -16.2. The molecule has 1 nitrogen and oxygen atoms in total. The van der Waals surface area contributed by atoms with Crippen molar-refractivity contribution in [3.63, 3.8) is 0 Å². The van der Waals surface area contributed by atoms with Gasteiger partial charge in [-0.25, -0.2) is 17.9 Å². The fourth-order valence-corrected chi connectivity index (χ4v) is 1.08. The summed E-state index contributed by atoms with van der Waals surface area (Å²) in [5, 5.41) is 0. The van der Waals surface area contributed by atoms with Gasteiger partial charge < -0.3 is 0 Å². The third kappa shape index (κ3) is 3.82. The van der Waals surface area contributed by atoms with Gasteiger partial charge in [-0.3, -0.25) is 0 Å². The van der Waals surface area contributed by atoms with Crippen molar-refractivity contribution in [2.75, 3.05) is 0 Å². The van der Waals surface area contributed by atoms with Crippen LogP contribution in [0.25, 0.3) is 0 Å². The zero-order chi connectivity index (χ0) is 13.4. The van der Waals surface area contributed by atoms with Crippen LogP contribution in [0.4, 0.5) is 39.5 Å². The largest absolute Gasteiger partial charge is 0.525 e. The summed E-state index contributed by atoms with van der Waals surface area (Å²) >= 11 is 0.206. The molecule has 0 radical (unpaired) electrons. The fourth-order valence-electron chi connectivity index (χ4n) is 0.601. The van der Waals surface area contributed by atoms with E-state index < -0.39 is 28.7 Å². The summed E-state index contributed by atoms with van der Waals surface area (Å²) in [4.78, 5) is 0. The molecule has 0 rings (SSSR count). The molecule has 0 amide bonds. The minimum atomic E-state index is -6.23. The van der Waals surface area contributed by atoms with E-state index in [0.29, 0.717) is 0 Å². The second-order valence-corrected chi connectivity index (χ2v) is 3.77. The Kier molecular flexibility index (Phi) is 4.76. The molecular formula is C5H2F9IO. The van der Waals surface area contributed by atoms with Crippen LogP contribution >= 0.6 is 22.6 Å². The summed E-state index contributed by atoms with van der Waals surface area (Å²) in [6.45, 7) is 0. The lowest BCUT2D eigenvalue weighted by Gasteiger charge is -2.31. The number of hydrogen-bond acceptors (Lipinski definition) is 1. The van der Waals surface area contributed by atoms with Crippen LogP contribution in [0.5, 0.6) is 0 Å². The number of rotatable bonds is 3. The van der Waals surface area contributed by atoms with Crippen molar-refractivity contribution in [2.45, 2.75) is 28.7 Å². The first-order valence-corrected chi connectivity index (χ1v) is 4.50. The molecule has 0 spiro atoms. The predicted molar refractivity (Wildman–Crippen MR) is 40.8 cm³/mol. The van der Waals surface area contributed by atoms with E-state index in [1.165, 1.54) is 0 Å². The first-order chi connectivity index (χ1) is 6.81. The number of hydrogen-bond donors (Lipinski definition) is 0. The van der Waals surface area contributed by atoms with Crippen molar-refractivity contribution in [2.24, 2.45) is 0 Å². The molecule has 11 heteroatoms. The van der Waals surface area contributed by atoms with E-state index in [-0.39, 0.29) is 22.6 Å². The van der Waals surface area contributed by atoms with E-state index in [2.05, 4.69) is 4.74 Å². The highest BCUT2D eigenvalue weighted by molar-refractivity contribution is 14.1. The average Bonchev–Trinajstić information content (AvgIpc) is 1.97. The molecule has 2 unspecified atom stereocenters. The van der Waals surface area contributed by atoms with Gasteiger partial charge in [0.15, 0.2) is 0 Å². The molecule has 0 bridgehead atoms. The molecule has 0 aromatic carbocycles. The van der Waals surface area contributed by atoms with Gasteiger partial charge in [0.25, 0.3) is 6.43 Å². The normalized spacial score (nSPS) is 19.7. The lowest BCUT2D eigenvalue weighted by molar-refractivity contribution is -0.448. The van der Waals surface area contributed by atoms with E-state index in [9.17, 15) is 39.5 Å². The Hall–Kier alpha value is 0.0600. The maximum absolute atomic E-state index is 12.9. The standard InChI is InChI=1S/C5H2F9IO/c6-2(7)1(15)3(8,4(9,10)11)16-5(12,13)14/h1-2H. The van der Waals surface area contributed by atoms with Gasteiger partial charge >= 0.3 is 18.4 Å². The zero-order valence-corrected chi connectivity index (χ0v) is 9.00. The molecule has 0 saturated heterocycles. The monoisotopic (exact) mass is 376 g/mol. The molecule has 0 aliphatic heterocycles. The molecule has 16 heavy (non-hydrogen) atoms. The Labute approximate surface area is 96.1 Å². The lowest BCUT2D eigenvalue weighted by Crippen LogP contribution is -2.55. The van der Waals surface area contributed by atoms with E-state index in [0.717, 1.165) is 0 Å². The van der Waals surface area contributed by atoms with Crippen molar-refractivity contribution in [1.82, 2.24) is 0 Å². The Morgan fingerprint density at radius 3 is 1.44 bits per heavy atom. The van der Waals surface area contributed by atoms with Crippen molar-refractivity contribution >= 4 is 22.6 Å². The second-order valence-electron chi connectivity index (χ2n) is 2.43. The number of alkyl halides is 10. The Balaban J connectivity index is 5.21.